The second kappa shape index (κ2) is 12.2. The Balaban J connectivity index is -0.0000000536. The van der Waals surface area contributed by atoms with Crippen molar-refractivity contribution in [3.05, 3.63) is 22.7 Å². The number of carbonyl (C=O) groups is 1. The van der Waals surface area contributed by atoms with Gasteiger partial charge in [0, 0.05) is 8.77 Å². The predicted molar refractivity (Wildman–Crippen MR) is 83.1 cm³/mol. The first-order valence-corrected chi connectivity index (χ1v) is 6.09. The molecule has 0 saturated heterocycles. The van der Waals surface area contributed by atoms with Crippen molar-refractivity contribution in [3.8, 4) is 0 Å². The largest absolute Gasteiger partial charge is 0.513 e. The molecule has 0 aliphatic heterocycles. The van der Waals surface area contributed by atoms with E-state index < -0.39 is 0 Å². The third-order valence-electron chi connectivity index (χ3n) is 2.26. The van der Waals surface area contributed by atoms with Crippen LogP contribution in [0.4, 0.5) is 0 Å². The summed E-state index contributed by atoms with van der Waals surface area (Å²) < 4.78 is 0. The summed E-state index contributed by atoms with van der Waals surface area (Å²) in [7, 11) is 0. The molecule has 0 heterocycles. The van der Waals surface area contributed by atoms with E-state index in [1.54, 1.807) is 20.8 Å². The van der Waals surface area contributed by atoms with Crippen LogP contribution in [0.1, 0.15) is 65.2 Å². The van der Waals surface area contributed by atoms with Crippen LogP contribution in [0.2, 0.25) is 0 Å². The number of allylic oxidation sites excluding steroid dienone is 4. The molecule has 0 aromatic carbocycles. The molecule has 0 spiro atoms. The Morgan fingerprint density at radius 3 is 0.889 bits per heavy atom. The minimum atomic E-state index is 0. The van der Waals surface area contributed by atoms with Gasteiger partial charge in [-0.3, -0.25) is 4.79 Å². The number of rotatable bonds is 1. The standard InChI is InChI=1S/3C5H10O.2H2/c3*1-4(2)5(3)6;;/h2*6H,1-3H3;4H,1-3H3;2*1H. The van der Waals surface area contributed by atoms with E-state index >= 15 is 0 Å². The molecule has 0 radical (unpaired) electrons. The van der Waals surface area contributed by atoms with Crippen LogP contribution in [0.5, 0.6) is 0 Å². The van der Waals surface area contributed by atoms with Crippen LogP contribution in [0, 0.1) is 5.92 Å². The van der Waals surface area contributed by atoms with Gasteiger partial charge in [-0.25, -0.2) is 0 Å². The molecule has 0 aliphatic carbocycles. The molecule has 0 aromatic heterocycles. The molecule has 0 aromatic rings. The van der Waals surface area contributed by atoms with Gasteiger partial charge in [-0.2, -0.15) is 0 Å². The van der Waals surface area contributed by atoms with Gasteiger partial charge in [-0.15, -0.1) is 0 Å². The summed E-state index contributed by atoms with van der Waals surface area (Å²) in [6.45, 7) is 16.2. The summed E-state index contributed by atoms with van der Waals surface area (Å²) in [5, 5.41) is 17.0. The molecule has 3 nitrogen and oxygen atoms in total. The number of carbonyl (C=O) groups excluding carboxylic acids is 1. The Morgan fingerprint density at radius 2 is 0.889 bits per heavy atom. The molecule has 0 unspecified atom stereocenters. The van der Waals surface area contributed by atoms with Crippen LogP contribution < -0.4 is 0 Å². The van der Waals surface area contributed by atoms with Gasteiger partial charge >= 0.3 is 0 Å². The summed E-state index contributed by atoms with van der Waals surface area (Å²) in [5.74, 6) is 1.32. The summed E-state index contributed by atoms with van der Waals surface area (Å²) >= 11 is 0. The zero-order valence-corrected chi connectivity index (χ0v) is 13.4. The highest BCUT2D eigenvalue weighted by Gasteiger charge is 1.95. The first-order chi connectivity index (χ1) is 7.93. The normalized spacial score (nSPS) is 8.33. The predicted octanol–water partition coefficient (Wildman–Crippen LogP) is 5.44. The minimum Gasteiger partial charge on any atom is -0.513 e. The van der Waals surface area contributed by atoms with Gasteiger partial charge in [0.1, 0.15) is 5.78 Å². The van der Waals surface area contributed by atoms with Crippen molar-refractivity contribution >= 4 is 5.78 Å². The third-order valence-corrected chi connectivity index (χ3v) is 2.26. The van der Waals surface area contributed by atoms with Crippen LogP contribution >= 0.6 is 0 Å². The van der Waals surface area contributed by atoms with Gasteiger partial charge in [0.05, 0.1) is 11.5 Å². The lowest BCUT2D eigenvalue weighted by atomic mass is 10.1. The first-order valence-electron chi connectivity index (χ1n) is 6.09. The average molecular weight is 262 g/mol. The summed E-state index contributed by atoms with van der Waals surface area (Å²) in [4.78, 5) is 10.1. The fourth-order valence-corrected chi connectivity index (χ4v) is 0. The second-order valence-corrected chi connectivity index (χ2v) is 4.94. The second-order valence-electron chi connectivity index (χ2n) is 4.94. The topological polar surface area (TPSA) is 57.5 Å². The Labute approximate surface area is 115 Å². The van der Waals surface area contributed by atoms with Crippen molar-refractivity contribution in [2.45, 2.75) is 62.3 Å². The molecule has 0 atom stereocenters. The van der Waals surface area contributed by atoms with E-state index in [1.165, 1.54) is 0 Å². The number of aliphatic hydroxyl groups excluding tert-OH is 2. The lowest BCUT2D eigenvalue weighted by molar-refractivity contribution is -0.119. The zero-order chi connectivity index (χ0) is 15.5. The van der Waals surface area contributed by atoms with E-state index in [1.807, 2.05) is 41.5 Å². The Bertz CT molecular complexity index is 248. The zero-order valence-electron chi connectivity index (χ0n) is 13.4. The van der Waals surface area contributed by atoms with Crippen molar-refractivity contribution in [1.29, 1.82) is 0 Å². The molecule has 112 valence electrons. The molecule has 3 heteroatoms. The van der Waals surface area contributed by atoms with Crippen molar-refractivity contribution < 1.29 is 17.9 Å². The van der Waals surface area contributed by atoms with E-state index in [2.05, 4.69) is 0 Å². The highest BCUT2D eigenvalue weighted by molar-refractivity contribution is 5.77. The van der Waals surface area contributed by atoms with E-state index in [-0.39, 0.29) is 14.6 Å². The van der Waals surface area contributed by atoms with E-state index in [4.69, 9.17) is 10.2 Å². The van der Waals surface area contributed by atoms with Gasteiger partial charge in [0.2, 0.25) is 0 Å². The monoisotopic (exact) mass is 262 g/mol. The van der Waals surface area contributed by atoms with Crippen molar-refractivity contribution in [3.63, 3.8) is 0 Å². The lowest BCUT2D eigenvalue weighted by Gasteiger charge is -1.90. The lowest BCUT2D eigenvalue weighted by Crippen LogP contribution is -1.98. The smallest absolute Gasteiger partial charge is 0.132 e. The first kappa shape index (κ1) is 22.0. The number of hydrogen-bond donors (Lipinski definition) is 2. The van der Waals surface area contributed by atoms with E-state index in [0.29, 0.717) is 11.5 Å². The maximum absolute atomic E-state index is 10.1. The van der Waals surface area contributed by atoms with Gasteiger partial charge in [0.15, 0.2) is 0 Å². The molecule has 0 fully saturated rings. The molecular formula is C15H34O3. The highest BCUT2D eigenvalue weighted by atomic mass is 16.3. The number of hydrogen-bond acceptors (Lipinski definition) is 3. The third kappa shape index (κ3) is 24.1. The Hall–Kier alpha value is -1.25. The molecule has 0 aliphatic rings. The minimum absolute atomic E-state index is 0. The summed E-state index contributed by atoms with van der Waals surface area (Å²) in [5.41, 5.74) is 1.96. The fraction of sp³-hybridized carbons (Fsp3) is 0.667. The summed E-state index contributed by atoms with van der Waals surface area (Å²) in [6.07, 6.45) is 0. The summed E-state index contributed by atoms with van der Waals surface area (Å²) in [6, 6.07) is 0. The van der Waals surface area contributed by atoms with Gasteiger partial charge in [-0.05, 0) is 59.6 Å². The SMILES string of the molecule is CC(=O)C(C)C.CC(C)=C(C)O.CC(C)=C(C)O.[HH].[HH]. The average Bonchev–Trinajstić information content (AvgIpc) is 2.18. The molecule has 0 bridgehead atoms. The van der Waals surface area contributed by atoms with E-state index in [0.717, 1.165) is 11.1 Å². The van der Waals surface area contributed by atoms with Crippen molar-refractivity contribution in [2.24, 2.45) is 5.92 Å². The maximum Gasteiger partial charge on any atom is 0.132 e. The van der Waals surface area contributed by atoms with Crippen LogP contribution in [0.15, 0.2) is 22.7 Å². The van der Waals surface area contributed by atoms with Gasteiger partial charge in [0.25, 0.3) is 0 Å². The molecule has 2 N–H and O–H groups in total. The van der Waals surface area contributed by atoms with E-state index in [9.17, 15) is 4.79 Å². The Kier molecular flexibility index (Phi) is 14.9. The number of aliphatic hydroxyl groups is 2. The van der Waals surface area contributed by atoms with Crippen LogP contribution in [0.3, 0.4) is 0 Å². The van der Waals surface area contributed by atoms with Gasteiger partial charge in [-0.1, -0.05) is 13.8 Å². The quantitative estimate of drug-likeness (QED) is 0.619. The van der Waals surface area contributed by atoms with Crippen LogP contribution in [-0.2, 0) is 4.79 Å². The maximum atomic E-state index is 10.1. The molecule has 0 rings (SSSR count). The fourth-order valence-electron chi connectivity index (χ4n) is 0. The number of Topliss-reactive ketones (excluding diaryl/α,β-unsaturated/α-hetero) is 1. The number of ketones is 1. The van der Waals surface area contributed by atoms with Crippen LogP contribution in [0.25, 0.3) is 0 Å². The highest BCUT2D eigenvalue weighted by Crippen LogP contribution is 1.94. The van der Waals surface area contributed by atoms with Crippen molar-refractivity contribution in [1.82, 2.24) is 0 Å². The molecule has 0 saturated carbocycles. The molecule has 0 amide bonds. The van der Waals surface area contributed by atoms with Crippen LogP contribution in [-0.4, -0.2) is 16.0 Å². The Morgan fingerprint density at radius 1 is 0.778 bits per heavy atom. The van der Waals surface area contributed by atoms with Crippen molar-refractivity contribution in [2.75, 3.05) is 0 Å². The molecule has 18 heavy (non-hydrogen) atoms. The molecular weight excluding hydrogens is 228 g/mol. The van der Waals surface area contributed by atoms with Gasteiger partial charge < -0.3 is 10.2 Å².